The second kappa shape index (κ2) is 5.84. The third-order valence-corrected chi connectivity index (χ3v) is 2.55. The molecule has 8 nitrogen and oxygen atoms in total. The van der Waals surface area contributed by atoms with Crippen molar-refractivity contribution >= 4 is 28.8 Å². The van der Waals surface area contributed by atoms with Gasteiger partial charge in [-0.15, -0.1) is 0 Å². The number of hydrogen-bond acceptors (Lipinski definition) is 6. The fraction of sp³-hybridized carbons (Fsp3) is 0.286. The average molecular weight is 304 g/mol. The number of rotatable bonds is 3. The van der Waals surface area contributed by atoms with E-state index < -0.39 is 17.7 Å². The Hall–Kier alpha value is -2.90. The van der Waals surface area contributed by atoms with Crippen molar-refractivity contribution < 1.29 is 19.4 Å². The highest BCUT2D eigenvalue weighted by atomic mass is 16.6. The molecule has 0 saturated heterocycles. The van der Waals surface area contributed by atoms with Gasteiger partial charge >= 0.3 is 12.1 Å². The van der Waals surface area contributed by atoms with E-state index in [1.54, 1.807) is 26.8 Å². The van der Waals surface area contributed by atoms with Gasteiger partial charge < -0.3 is 9.84 Å². The van der Waals surface area contributed by atoms with Crippen molar-refractivity contribution in [1.29, 1.82) is 0 Å². The van der Waals surface area contributed by atoms with Gasteiger partial charge in [0.2, 0.25) is 0 Å². The maximum Gasteiger partial charge on any atom is 0.426 e. The fourth-order valence-corrected chi connectivity index (χ4v) is 1.78. The number of fused-ring (bicyclic) bond motifs is 1. The van der Waals surface area contributed by atoms with E-state index in [0.29, 0.717) is 5.52 Å². The predicted molar refractivity (Wildman–Crippen MR) is 79.5 cm³/mol. The molecule has 0 atom stereocenters. The summed E-state index contributed by atoms with van der Waals surface area (Å²) in [5, 5.41) is 9.36. The van der Waals surface area contributed by atoms with Crippen LogP contribution in [0.1, 0.15) is 31.1 Å². The molecule has 0 bridgehead atoms. The van der Waals surface area contributed by atoms with Crippen molar-refractivity contribution in [2.75, 3.05) is 5.43 Å². The summed E-state index contributed by atoms with van der Waals surface area (Å²) in [6.07, 6.45) is 2.16. The van der Waals surface area contributed by atoms with Gasteiger partial charge in [-0.05, 0) is 32.9 Å². The molecule has 3 N–H and O–H groups in total. The second-order valence-electron chi connectivity index (χ2n) is 5.47. The van der Waals surface area contributed by atoms with Crippen molar-refractivity contribution in [3.8, 4) is 0 Å². The van der Waals surface area contributed by atoms with Gasteiger partial charge in [0.1, 0.15) is 16.7 Å². The van der Waals surface area contributed by atoms with Crippen LogP contribution in [0, 0.1) is 0 Å². The Morgan fingerprint density at radius 1 is 1.18 bits per heavy atom. The van der Waals surface area contributed by atoms with E-state index in [4.69, 9.17) is 4.74 Å². The number of nitrogens with zero attached hydrogens (tertiary/aromatic N) is 2. The molecule has 1 aromatic carbocycles. The van der Waals surface area contributed by atoms with Crippen molar-refractivity contribution in [2.24, 2.45) is 0 Å². The summed E-state index contributed by atoms with van der Waals surface area (Å²) >= 11 is 0. The van der Waals surface area contributed by atoms with Gasteiger partial charge in [-0.1, -0.05) is 0 Å². The number of amides is 1. The number of benzene rings is 1. The minimum absolute atomic E-state index is 0.0818. The van der Waals surface area contributed by atoms with Crippen molar-refractivity contribution in [1.82, 2.24) is 15.4 Å². The summed E-state index contributed by atoms with van der Waals surface area (Å²) in [4.78, 5) is 31.1. The van der Waals surface area contributed by atoms with Crippen LogP contribution in [0.25, 0.3) is 11.0 Å². The summed E-state index contributed by atoms with van der Waals surface area (Å²) in [6.45, 7) is 5.17. The SMILES string of the molecule is CC(C)(C)OC(=O)NNc1ccc2nccnc2c1C(=O)O. The van der Waals surface area contributed by atoms with Crippen molar-refractivity contribution in [2.45, 2.75) is 26.4 Å². The monoisotopic (exact) mass is 304 g/mol. The minimum Gasteiger partial charge on any atom is -0.478 e. The first-order valence-electron chi connectivity index (χ1n) is 6.50. The van der Waals surface area contributed by atoms with Gasteiger partial charge in [-0.25, -0.2) is 15.0 Å². The molecule has 0 radical (unpaired) electrons. The number of hydrazine groups is 1. The summed E-state index contributed by atoms with van der Waals surface area (Å²) in [7, 11) is 0. The predicted octanol–water partition coefficient (Wildman–Crippen LogP) is 2.18. The molecule has 0 fully saturated rings. The number of aromatic carboxylic acids is 1. The van der Waals surface area contributed by atoms with Crippen molar-refractivity contribution in [3.63, 3.8) is 0 Å². The molecule has 1 heterocycles. The molecule has 1 aromatic heterocycles. The lowest BCUT2D eigenvalue weighted by Crippen LogP contribution is -2.36. The van der Waals surface area contributed by atoms with E-state index in [2.05, 4.69) is 20.8 Å². The third kappa shape index (κ3) is 3.60. The first-order chi connectivity index (χ1) is 10.3. The van der Waals surface area contributed by atoms with E-state index in [9.17, 15) is 14.7 Å². The van der Waals surface area contributed by atoms with Crippen LogP contribution in [0.2, 0.25) is 0 Å². The van der Waals surface area contributed by atoms with Crippen LogP contribution in [0.4, 0.5) is 10.5 Å². The molecule has 1 amide bonds. The Bertz CT molecular complexity index is 724. The average Bonchev–Trinajstić information content (AvgIpc) is 2.42. The smallest absolute Gasteiger partial charge is 0.426 e. The van der Waals surface area contributed by atoms with Gasteiger partial charge in [-0.2, -0.15) is 0 Å². The van der Waals surface area contributed by atoms with Gasteiger partial charge in [0.25, 0.3) is 0 Å². The van der Waals surface area contributed by atoms with Crippen LogP contribution in [-0.2, 0) is 4.74 Å². The minimum atomic E-state index is -1.18. The van der Waals surface area contributed by atoms with E-state index in [-0.39, 0.29) is 16.8 Å². The maximum atomic E-state index is 11.6. The standard InChI is InChI=1S/C14H16N4O4/c1-14(2,3)22-13(21)18-17-8-4-5-9-11(10(8)12(19)20)16-7-6-15-9/h4-7,17H,1-3H3,(H,18,21)(H,19,20). The highest BCUT2D eigenvalue weighted by Gasteiger charge is 2.19. The summed E-state index contributed by atoms with van der Waals surface area (Å²) < 4.78 is 5.06. The van der Waals surface area contributed by atoms with Crippen LogP contribution in [0.5, 0.6) is 0 Å². The first kappa shape index (κ1) is 15.5. The van der Waals surface area contributed by atoms with Crippen molar-refractivity contribution in [3.05, 3.63) is 30.1 Å². The number of ether oxygens (including phenoxy) is 1. The highest BCUT2D eigenvalue weighted by Crippen LogP contribution is 2.23. The lowest BCUT2D eigenvalue weighted by molar-refractivity contribution is 0.0539. The molecule has 116 valence electrons. The van der Waals surface area contributed by atoms with E-state index in [1.165, 1.54) is 18.5 Å². The molecule has 0 saturated carbocycles. The summed E-state index contributed by atoms with van der Waals surface area (Å²) in [5.74, 6) is -1.18. The molecule has 0 aliphatic rings. The van der Waals surface area contributed by atoms with Crippen LogP contribution in [-0.4, -0.2) is 32.7 Å². The molecule has 2 rings (SSSR count). The molecule has 0 spiro atoms. The molecular weight excluding hydrogens is 288 g/mol. The van der Waals surface area contributed by atoms with Gasteiger partial charge in [0.15, 0.2) is 0 Å². The zero-order valence-electron chi connectivity index (χ0n) is 12.4. The number of carbonyl (C=O) groups excluding carboxylic acids is 1. The Labute approximate surface area is 126 Å². The molecule has 0 aliphatic carbocycles. The largest absolute Gasteiger partial charge is 0.478 e. The Morgan fingerprint density at radius 3 is 2.50 bits per heavy atom. The molecule has 22 heavy (non-hydrogen) atoms. The Kier molecular flexibility index (Phi) is 4.11. The molecule has 0 unspecified atom stereocenters. The fourth-order valence-electron chi connectivity index (χ4n) is 1.78. The topological polar surface area (TPSA) is 113 Å². The van der Waals surface area contributed by atoms with Crippen LogP contribution < -0.4 is 10.9 Å². The normalized spacial score (nSPS) is 11.0. The van der Waals surface area contributed by atoms with Crippen LogP contribution in [0.15, 0.2) is 24.5 Å². The Morgan fingerprint density at radius 2 is 1.86 bits per heavy atom. The number of anilines is 1. The summed E-state index contributed by atoms with van der Waals surface area (Å²) in [5.41, 5.74) is 4.95. The van der Waals surface area contributed by atoms with Crippen LogP contribution in [0.3, 0.4) is 0 Å². The zero-order chi connectivity index (χ0) is 16.3. The van der Waals surface area contributed by atoms with Gasteiger partial charge in [0, 0.05) is 12.4 Å². The van der Waals surface area contributed by atoms with E-state index in [1.807, 2.05) is 0 Å². The molecule has 2 aromatic rings. The first-order valence-corrected chi connectivity index (χ1v) is 6.50. The number of carboxylic acid groups (broad SMARTS) is 1. The summed E-state index contributed by atoms with van der Waals surface area (Å²) in [6, 6.07) is 3.10. The lowest BCUT2D eigenvalue weighted by Gasteiger charge is -2.20. The second-order valence-corrected chi connectivity index (χ2v) is 5.47. The lowest BCUT2D eigenvalue weighted by atomic mass is 10.1. The highest BCUT2D eigenvalue weighted by molar-refractivity contribution is 6.06. The molecule has 0 aliphatic heterocycles. The maximum absolute atomic E-state index is 11.6. The quantitative estimate of drug-likeness (QED) is 0.745. The number of aromatic nitrogens is 2. The number of hydrogen-bond donors (Lipinski definition) is 3. The third-order valence-electron chi connectivity index (χ3n) is 2.55. The van der Waals surface area contributed by atoms with Crippen LogP contribution >= 0.6 is 0 Å². The molecule has 8 heteroatoms. The number of nitrogens with one attached hydrogen (secondary N) is 2. The van der Waals surface area contributed by atoms with Gasteiger partial charge in [0.05, 0.1) is 11.2 Å². The van der Waals surface area contributed by atoms with Gasteiger partial charge in [-0.3, -0.25) is 15.4 Å². The molecular formula is C14H16N4O4. The number of carbonyl (C=O) groups is 2. The zero-order valence-corrected chi connectivity index (χ0v) is 12.4. The number of carboxylic acids is 1. The van der Waals surface area contributed by atoms with E-state index in [0.717, 1.165) is 0 Å². The Balaban J connectivity index is 2.26. The van der Waals surface area contributed by atoms with E-state index >= 15 is 0 Å².